The Morgan fingerprint density at radius 3 is 2.34 bits per heavy atom. The summed E-state index contributed by atoms with van der Waals surface area (Å²) in [5.41, 5.74) is 1.42. The Hall–Kier alpha value is -3.43. The van der Waals surface area contributed by atoms with Crippen molar-refractivity contribution in [3.8, 4) is 5.75 Å². The average molecular weight is 487 g/mol. The maximum Gasteiger partial charge on any atom is 0.408 e. The van der Waals surface area contributed by atoms with Crippen molar-refractivity contribution < 1.29 is 33.3 Å². The van der Waals surface area contributed by atoms with Gasteiger partial charge < -0.3 is 29.6 Å². The second-order valence-corrected chi connectivity index (χ2v) is 7.98. The van der Waals surface area contributed by atoms with E-state index in [0.717, 1.165) is 11.8 Å². The smallest absolute Gasteiger partial charge is 0.408 e. The second-order valence-electron chi connectivity index (χ2n) is 7.98. The molecule has 0 unspecified atom stereocenters. The monoisotopic (exact) mass is 486 g/mol. The van der Waals surface area contributed by atoms with Crippen LogP contribution >= 0.6 is 0 Å². The lowest BCUT2D eigenvalue weighted by Gasteiger charge is -2.21. The van der Waals surface area contributed by atoms with Crippen LogP contribution in [0.25, 0.3) is 0 Å². The molecule has 0 aliphatic rings. The highest BCUT2D eigenvalue weighted by Crippen LogP contribution is 2.11. The molecular weight excluding hydrogens is 452 g/mol. The maximum absolute atomic E-state index is 12.5. The van der Waals surface area contributed by atoms with Crippen molar-refractivity contribution >= 4 is 18.3 Å². The van der Waals surface area contributed by atoms with Crippen LogP contribution in [0.15, 0.2) is 54.6 Å². The minimum Gasteiger partial charge on any atom is -0.491 e. The van der Waals surface area contributed by atoms with Gasteiger partial charge in [-0.05, 0) is 23.6 Å². The fourth-order valence-corrected chi connectivity index (χ4v) is 3.00. The van der Waals surface area contributed by atoms with Gasteiger partial charge in [-0.2, -0.15) is 0 Å². The van der Waals surface area contributed by atoms with Crippen LogP contribution in [0.5, 0.6) is 5.75 Å². The fraction of sp³-hybridized carbons (Fsp3) is 0.423. The number of carbonyl (C=O) groups is 3. The third kappa shape index (κ3) is 11.5. The Balaban J connectivity index is 1.52. The zero-order valence-electron chi connectivity index (χ0n) is 20.2. The maximum atomic E-state index is 12.5. The van der Waals surface area contributed by atoms with Crippen LogP contribution in [0.2, 0.25) is 0 Å². The normalized spacial score (nSPS) is 11.5. The average Bonchev–Trinajstić information content (AvgIpc) is 2.87. The molecule has 2 amide bonds. The number of hydrogen-bond acceptors (Lipinski definition) is 7. The molecule has 2 rings (SSSR count). The summed E-state index contributed by atoms with van der Waals surface area (Å²) in [7, 11) is 0. The molecule has 0 aromatic heterocycles. The van der Waals surface area contributed by atoms with E-state index in [1.165, 1.54) is 0 Å². The fourth-order valence-electron chi connectivity index (χ4n) is 3.00. The SMILES string of the molecule is CC(C)[C@H](NC(=O)OCc1ccccc1)C(=O)NCCOCCOCCOc1cccc(C=O)c1. The first-order chi connectivity index (χ1) is 17.0. The van der Waals surface area contributed by atoms with Gasteiger partial charge in [0.25, 0.3) is 0 Å². The van der Waals surface area contributed by atoms with Crippen LogP contribution in [-0.2, 0) is 25.6 Å². The summed E-state index contributed by atoms with van der Waals surface area (Å²) in [5, 5.41) is 5.38. The van der Waals surface area contributed by atoms with Crippen molar-refractivity contribution in [2.75, 3.05) is 39.6 Å². The molecule has 9 heteroatoms. The molecule has 0 aliphatic heterocycles. The molecule has 0 fully saturated rings. The Bertz CT molecular complexity index is 906. The van der Waals surface area contributed by atoms with Gasteiger partial charge in [-0.1, -0.05) is 56.3 Å². The first-order valence-electron chi connectivity index (χ1n) is 11.6. The van der Waals surface area contributed by atoms with E-state index in [1.54, 1.807) is 24.3 Å². The predicted octanol–water partition coefficient (Wildman–Crippen LogP) is 2.98. The largest absolute Gasteiger partial charge is 0.491 e. The van der Waals surface area contributed by atoms with Gasteiger partial charge in [-0.25, -0.2) is 4.79 Å². The molecule has 2 N–H and O–H groups in total. The predicted molar refractivity (Wildman–Crippen MR) is 130 cm³/mol. The highest BCUT2D eigenvalue weighted by molar-refractivity contribution is 5.85. The van der Waals surface area contributed by atoms with Crippen molar-refractivity contribution in [3.63, 3.8) is 0 Å². The third-order valence-corrected chi connectivity index (χ3v) is 4.84. The number of aldehydes is 1. The standard InChI is InChI=1S/C26H34N2O7/c1-20(2)24(28-26(31)35-19-21-7-4-3-5-8-21)25(30)27-11-12-32-13-14-33-15-16-34-23-10-6-9-22(17-23)18-29/h3-10,17-18,20,24H,11-16,19H2,1-2H3,(H,27,30)(H,28,31)/t24-/m0/s1. The van der Waals surface area contributed by atoms with Crippen LogP contribution in [0.1, 0.15) is 29.8 Å². The van der Waals surface area contributed by atoms with Crippen molar-refractivity contribution in [1.82, 2.24) is 10.6 Å². The number of nitrogens with one attached hydrogen (secondary N) is 2. The van der Waals surface area contributed by atoms with Gasteiger partial charge >= 0.3 is 6.09 Å². The summed E-state index contributed by atoms with van der Waals surface area (Å²) in [6, 6.07) is 15.5. The molecule has 2 aromatic carbocycles. The number of amides is 2. The Morgan fingerprint density at radius 1 is 0.914 bits per heavy atom. The lowest BCUT2D eigenvalue weighted by Crippen LogP contribution is -2.50. The number of rotatable bonds is 16. The van der Waals surface area contributed by atoms with E-state index >= 15 is 0 Å². The van der Waals surface area contributed by atoms with E-state index < -0.39 is 12.1 Å². The van der Waals surface area contributed by atoms with Crippen LogP contribution in [0, 0.1) is 5.92 Å². The Labute approximate surface area is 206 Å². The van der Waals surface area contributed by atoms with Crippen LogP contribution < -0.4 is 15.4 Å². The van der Waals surface area contributed by atoms with Gasteiger partial charge in [-0.3, -0.25) is 9.59 Å². The van der Waals surface area contributed by atoms with Gasteiger partial charge in [0.15, 0.2) is 0 Å². The third-order valence-electron chi connectivity index (χ3n) is 4.84. The summed E-state index contributed by atoms with van der Waals surface area (Å²) in [5.74, 6) is 0.202. The molecule has 0 aliphatic carbocycles. The molecule has 0 saturated carbocycles. The molecule has 0 spiro atoms. The van der Waals surface area contributed by atoms with E-state index in [-0.39, 0.29) is 18.4 Å². The van der Waals surface area contributed by atoms with Crippen molar-refractivity contribution in [3.05, 3.63) is 65.7 Å². The van der Waals surface area contributed by atoms with Gasteiger partial charge in [0.2, 0.25) is 5.91 Å². The minimum atomic E-state index is -0.714. The first kappa shape index (κ1) is 27.8. The zero-order valence-corrected chi connectivity index (χ0v) is 20.2. The quantitative estimate of drug-likeness (QED) is 0.277. The van der Waals surface area contributed by atoms with Gasteiger partial charge in [0.1, 0.15) is 31.3 Å². The first-order valence-corrected chi connectivity index (χ1v) is 11.6. The van der Waals surface area contributed by atoms with Crippen molar-refractivity contribution in [1.29, 1.82) is 0 Å². The number of hydrogen-bond donors (Lipinski definition) is 2. The molecule has 1 atom stereocenters. The summed E-state index contributed by atoms with van der Waals surface area (Å²) in [4.78, 5) is 35.3. The van der Waals surface area contributed by atoms with Crippen molar-refractivity contribution in [2.45, 2.75) is 26.5 Å². The molecule has 0 saturated heterocycles. The van der Waals surface area contributed by atoms with E-state index in [9.17, 15) is 14.4 Å². The summed E-state index contributed by atoms with van der Waals surface area (Å²) < 4.78 is 21.6. The topological polar surface area (TPSA) is 112 Å². The lowest BCUT2D eigenvalue weighted by atomic mass is 10.0. The highest BCUT2D eigenvalue weighted by atomic mass is 16.6. The Morgan fingerprint density at radius 2 is 1.63 bits per heavy atom. The van der Waals surface area contributed by atoms with Gasteiger partial charge in [0.05, 0.1) is 26.4 Å². The molecular formula is C26H34N2O7. The number of carbonyl (C=O) groups excluding carboxylic acids is 3. The van der Waals surface area contributed by atoms with E-state index in [2.05, 4.69) is 10.6 Å². The second kappa shape index (κ2) is 16.2. The number of ether oxygens (including phenoxy) is 4. The highest BCUT2D eigenvalue weighted by Gasteiger charge is 2.24. The number of alkyl carbamates (subject to hydrolysis) is 1. The molecule has 9 nitrogen and oxygen atoms in total. The molecule has 2 aromatic rings. The number of benzene rings is 2. The minimum absolute atomic E-state index is 0.114. The van der Waals surface area contributed by atoms with Crippen LogP contribution in [-0.4, -0.2) is 63.9 Å². The molecule has 0 heterocycles. The Kier molecular flexibility index (Phi) is 12.9. The van der Waals surface area contributed by atoms with Crippen LogP contribution in [0.4, 0.5) is 4.79 Å². The summed E-state index contributed by atoms with van der Waals surface area (Å²) in [6.07, 6.45) is 0.126. The molecule has 0 radical (unpaired) electrons. The molecule has 35 heavy (non-hydrogen) atoms. The van der Waals surface area contributed by atoms with Crippen molar-refractivity contribution in [2.24, 2.45) is 5.92 Å². The molecule has 190 valence electrons. The summed E-state index contributed by atoms with van der Waals surface area (Å²) >= 11 is 0. The van der Waals surface area contributed by atoms with E-state index in [4.69, 9.17) is 18.9 Å². The lowest BCUT2D eigenvalue weighted by molar-refractivity contribution is -0.124. The van der Waals surface area contributed by atoms with E-state index in [0.29, 0.717) is 50.9 Å². The van der Waals surface area contributed by atoms with Gasteiger partial charge in [0, 0.05) is 12.1 Å². The van der Waals surface area contributed by atoms with Crippen LogP contribution in [0.3, 0.4) is 0 Å². The zero-order chi connectivity index (χ0) is 25.3. The summed E-state index contributed by atoms with van der Waals surface area (Å²) in [6.45, 7) is 5.93. The molecule has 0 bridgehead atoms. The van der Waals surface area contributed by atoms with Gasteiger partial charge in [-0.15, -0.1) is 0 Å². The van der Waals surface area contributed by atoms with E-state index in [1.807, 2.05) is 44.2 Å².